The number of halogens is 4. The molecule has 0 unspecified atom stereocenters. The van der Waals surface area contributed by atoms with Gasteiger partial charge in [0.25, 0.3) is 5.91 Å². The molecule has 0 spiro atoms. The minimum atomic E-state index is -2.71. The van der Waals surface area contributed by atoms with Crippen LogP contribution in [0.3, 0.4) is 0 Å². The Labute approximate surface area is 198 Å². The van der Waals surface area contributed by atoms with Crippen molar-refractivity contribution in [2.75, 3.05) is 0 Å². The minimum absolute atomic E-state index is 0.0380. The zero-order valence-electron chi connectivity index (χ0n) is 17.4. The lowest BCUT2D eigenvalue weighted by molar-refractivity contribution is -0.0399. The number of nitrogens with zero attached hydrogens (tertiary/aromatic N) is 2. The third-order valence-corrected chi connectivity index (χ3v) is 6.23. The predicted octanol–water partition coefficient (Wildman–Crippen LogP) is 5.35. The number of aromatic nitrogens is 2. The summed E-state index contributed by atoms with van der Waals surface area (Å²) in [5.74, 6) is -3.23. The van der Waals surface area contributed by atoms with E-state index in [0.717, 1.165) is 0 Å². The van der Waals surface area contributed by atoms with Crippen LogP contribution in [0.25, 0.3) is 16.9 Å². The second-order valence-corrected chi connectivity index (χ2v) is 8.84. The molecule has 4 rings (SSSR count). The molecular weight excluding hydrogens is 475 g/mol. The maximum absolute atomic E-state index is 13.5. The molecule has 33 heavy (non-hydrogen) atoms. The van der Waals surface area contributed by atoms with Gasteiger partial charge in [0.1, 0.15) is 5.75 Å². The van der Waals surface area contributed by atoms with E-state index in [4.69, 9.17) is 23.2 Å². The average Bonchev–Trinajstić information content (AvgIpc) is 3.15. The smallest absolute Gasteiger partial charge is 0.272 e. The normalized spacial score (nSPS) is 16.0. The number of phenolic OH excluding ortho intramolecular Hbond substituents is 1. The van der Waals surface area contributed by atoms with Gasteiger partial charge >= 0.3 is 0 Å². The molecule has 174 valence electrons. The van der Waals surface area contributed by atoms with Crippen molar-refractivity contribution < 1.29 is 23.8 Å². The first-order chi connectivity index (χ1) is 15.7. The summed E-state index contributed by atoms with van der Waals surface area (Å²) in [4.78, 5) is 13.1. The molecule has 1 fully saturated rings. The number of benzene rings is 2. The first-order valence-corrected chi connectivity index (χ1v) is 11.1. The van der Waals surface area contributed by atoms with E-state index in [2.05, 4.69) is 10.4 Å². The Morgan fingerprint density at radius 2 is 1.82 bits per heavy atom. The number of amides is 1. The van der Waals surface area contributed by atoms with Crippen molar-refractivity contribution in [3.05, 3.63) is 63.8 Å². The van der Waals surface area contributed by atoms with Gasteiger partial charge in [0, 0.05) is 35.0 Å². The molecular formula is C23H21Cl2F2N3O3. The number of rotatable bonds is 5. The van der Waals surface area contributed by atoms with E-state index < -0.39 is 24.5 Å². The third kappa shape index (κ3) is 4.98. The molecule has 1 saturated carbocycles. The fraction of sp³-hybridized carbons (Fsp3) is 0.304. The van der Waals surface area contributed by atoms with Crippen LogP contribution in [0, 0.1) is 0 Å². The Morgan fingerprint density at radius 3 is 2.42 bits per heavy atom. The number of aliphatic hydroxyl groups is 1. The molecule has 0 bridgehead atoms. The molecule has 3 N–H and O–H groups in total. The SMILES string of the molecule is O=C(NC1CCC(F)(F)CC1)c1nn(-c2ccc(Cl)cc2Cl)c(-c2ccc(O)cc2)c1CO. The Morgan fingerprint density at radius 1 is 1.15 bits per heavy atom. The van der Waals surface area contributed by atoms with Gasteiger partial charge in [-0.3, -0.25) is 4.79 Å². The van der Waals surface area contributed by atoms with Gasteiger partial charge in [-0.2, -0.15) is 5.10 Å². The number of phenols is 1. The van der Waals surface area contributed by atoms with Crippen LogP contribution < -0.4 is 5.32 Å². The van der Waals surface area contributed by atoms with Crippen LogP contribution >= 0.6 is 23.2 Å². The van der Waals surface area contributed by atoms with Crippen molar-refractivity contribution in [2.24, 2.45) is 0 Å². The molecule has 0 saturated heterocycles. The number of alkyl halides is 2. The summed E-state index contributed by atoms with van der Waals surface area (Å²) in [5, 5.41) is 27.8. The number of carbonyl (C=O) groups is 1. The van der Waals surface area contributed by atoms with Gasteiger partial charge in [0.15, 0.2) is 5.69 Å². The van der Waals surface area contributed by atoms with Crippen molar-refractivity contribution in [2.45, 2.75) is 44.3 Å². The summed E-state index contributed by atoms with van der Waals surface area (Å²) >= 11 is 12.4. The van der Waals surface area contributed by atoms with Crippen LogP contribution in [0.5, 0.6) is 5.75 Å². The van der Waals surface area contributed by atoms with Crippen molar-refractivity contribution in [3.8, 4) is 22.7 Å². The molecule has 1 aromatic heterocycles. The van der Waals surface area contributed by atoms with Crippen molar-refractivity contribution in [1.82, 2.24) is 15.1 Å². The molecule has 0 aliphatic heterocycles. The van der Waals surface area contributed by atoms with E-state index in [1.165, 1.54) is 22.9 Å². The van der Waals surface area contributed by atoms with E-state index in [9.17, 15) is 23.8 Å². The Bertz CT molecular complexity index is 1170. The van der Waals surface area contributed by atoms with E-state index in [1.807, 2.05) is 0 Å². The average molecular weight is 496 g/mol. The molecule has 2 aromatic carbocycles. The van der Waals surface area contributed by atoms with Gasteiger partial charge in [-0.1, -0.05) is 23.2 Å². The molecule has 1 aliphatic rings. The summed E-state index contributed by atoms with van der Waals surface area (Å²) in [5.41, 5.74) is 1.61. The highest BCUT2D eigenvalue weighted by Gasteiger charge is 2.36. The number of aromatic hydroxyl groups is 1. The summed E-state index contributed by atoms with van der Waals surface area (Å²) in [7, 11) is 0. The van der Waals surface area contributed by atoms with Gasteiger partial charge in [-0.25, -0.2) is 13.5 Å². The number of hydrogen-bond acceptors (Lipinski definition) is 4. The number of hydrogen-bond donors (Lipinski definition) is 3. The van der Waals surface area contributed by atoms with Crippen LogP contribution in [0.15, 0.2) is 42.5 Å². The lowest BCUT2D eigenvalue weighted by Crippen LogP contribution is -2.40. The molecule has 1 amide bonds. The van der Waals surface area contributed by atoms with Crippen molar-refractivity contribution >= 4 is 29.1 Å². The minimum Gasteiger partial charge on any atom is -0.508 e. The molecule has 1 aliphatic carbocycles. The van der Waals surface area contributed by atoms with E-state index in [1.54, 1.807) is 24.3 Å². The quantitative estimate of drug-likeness (QED) is 0.445. The van der Waals surface area contributed by atoms with Crippen molar-refractivity contribution in [3.63, 3.8) is 0 Å². The second kappa shape index (κ2) is 9.29. The first kappa shape index (κ1) is 23.5. The topological polar surface area (TPSA) is 87.4 Å². The Kier molecular flexibility index (Phi) is 6.61. The van der Waals surface area contributed by atoms with Crippen LogP contribution in [-0.2, 0) is 6.61 Å². The molecule has 0 atom stereocenters. The van der Waals surface area contributed by atoms with Crippen molar-refractivity contribution in [1.29, 1.82) is 0 Å². The molecule has 0 radical (unpaired) electrons. The highest BCUT2D eigenvalue weighted by Crippen LogP contribution is 2.35. The zero-order chi connectivity index (χ0) is 23.8. The molecule has 10 heteroatoms. The van der Waals surface area contributed by atoms with Gasteiger partial charge in [-0.15, -0.1) is 0 Å². The van der Waals surface area contributed by atoms with E-state index in [-0.39, 0.29) is 47.7 Å². The first-order valence-electron chi connectivity index (χ1n) is 10.3. The Hall–Kier alpha value is -2.68. The standard InChI is InChI=1S/C23H21Cl2F2N3O3/c24-14-3-6-19(18(25)11-14)30-21(13-1-4-16(32)5-2-13)17(12-31)20(29-30)22(33)28-15-7-9-23(26,27)10-8-15/h1-6,11,15,31-32H,7-10,12H2,(H,28,33). The highest BCUT2D eigenvalue weighted by atomic mass is 35.5. The monoisotopic (exact) mass is 495 g/mol. The summed E-state index contributed by atoms with van der Waals surface area (Å²) in [6, 6.07) is 10.6. The van der Waals surface area contributed by atoms with Gasteiger partial charge < -0.3 is 15.5 Å². The lowest BCUT2D eigenvalue weighted by atomic mass is 9.92. The molecule has 3 aromatic rings. The van der Waals surface area contributed by atoms with Gasteiger partial charge in [0.2, 0.25) is 5.92 Å². The van der Waals surface area contributed by atoms with Gasteiger partial charge in [-0.05, 0) is 55.3 Å². The maximum Gasteiger partial charge on any atom is 0.272 e. The highest BCUT2D eigenvalue weighted by molar-refractivity contribution is 6.35. The maximum atomic E-state index is 13.5. The molecule has 6 nitrogen and oxygen atoms in total. The largest absolute Gasteiger partial charge is 0.508 e. The zero-order valence-corrected chi connectivity index (χ0v) is 18.9. The summed E-state index contributed by atoms with van der Waals surface area (Å²) in [6.45, 7) is -0.507. The van der Waals surface area contributed by atoms with E-state index in [0.29, 0.717) is 22.0 Å². The number of carbonyl (C=O) groups excluding carboxylic acids is 1. The van der Waals surface area contributed by atoms with E-state index >= 15 is 0 Å². The Balaban J connectivity index is 1.78. The number of aliphatic hydroxyl groups excluding tert-OH is 1. The van der Waals surface area contributed by atoms with Crippen LogP contribution in [-0.4, -0.2) is 37.9 Å². The summed E-state index contributed by atoms with van der Waals surface area (Å²) < 4.78 is 28.4. The van der Waals surface area contributed by atoms with Gasteiger partial charge in [0.05, 0.1) is 23.0 Å². The fourth-order valence-corrected chi connectivity index (χ4v) is 4.45. The summed E-state index contributed by atoms with van der Waals surface area (Å²) in [6.07, 6.45) is -0.278. The second-order valence-electron chi connectivity index (χ2n) is 7.99. The lowest BCUT2D eigenvalue weighted by Gasteiger charge is -2.28. The third-order valence-electron chi connectivity index (χ3n) is 5.69. The van der Waals surface area contributed by atoms with Crippen LogP contribution in [0.4, 0.5) is 8.78 Å². The molecule has 1 heterocycles. The number of nitrogens with one attached hydrogen (secondary N) is 1. The van der Waals surface area contributed by atoms with Crippen LogP contribution in [0.2, 0.25) is 10.0 Å². The fourth-order valence-electron chi connectivity index (χ4n) is 3.96. The predicted molar refractivity (Wildman–Crippen MR) is 121 cm³/mol. The van der Waals surface area contributed by atoms with Crippen LogP contribution in [0.1, 0.15) is 41.7 Å².